The van der Waals surface area contributed by atoms with E-state index in [0.717, 1.165) is 12.0 Å². The predicted octanol–water partition coefficient (Wildman–Crippen LogP) is 2.25. The lowest BCUT2D eigenvalue weighted by atomic mass is 10.0. The van der Waals surface area contributed by atoms with E-state index in [0.29, 0.717) is 0 Å². The highest BCUT2D eigenvalue weighted by Crippen LogP contribution is 2.16. The van der Waals surface area contributed by atoms with Crippen molar-refractivity contribution in [3.05, 3.63) is 35.6 Å². The Balaban J connectivity index is 2.60. The summed E-state index contributed by atoms with van der Waals surface area (Å²) in [6.07, 6.45) is 0.859. The Morgan fingerprint density at radius 3 is 2.43 bits per heavy atom. The smallest absolute Gasteiger partial charge is 0.123 e. The molecule has 0 aliphatic heterocycles. The quantitative estimate of drug-likeness (QED) is 0.803. The van der Waals surface area contributed by atoms with Crippen LogP contribution in [-0.2, 0) is 4.74 Å². The maximum absolute atomic E-state index is 12.6. The molecule has 78 valence electrons. The van der Waals surface area contributed by atoms with Gasteiger partial charge in [-0.05, 0) is 31.0 Å². The molecule has 0 spiro atoms. The van der Waals surface area contributed by atoms with E-state index in [-0.39, 0.29) is 18.0 Å². The zero-order valence-electron chi connectivity index (χ0n) is 8.53. The van der Waals surface area contributed by atoms with Gasteiger partial charge in [0.25, 0.3) is 0 Å². The molecule has 0 aliphatic rings. The van der Waals surface area contributed by atoms with Gasteiger partial charge >= 0.3 is 0 Å². The molecule has 2 unspecified atom stereocenters. The van der Waals surface area contributed by atoms with E-state index in [2.05, 4.69) is 0 Å². The van der Waals surface area contributed by atoms with Crippen LogP contribution in [0.3, 0.4) is 0 Å². The van der Waals surface area contributed by atoms with E-state index in [1.807, 2.05) is 6.92 Å². The largest absolute Gasteiger partial charge is 0.382 e. The molecule has 2 atom stereocenters. The Kier molecular flexibility index (Phi) is 4.04. The fraction of sp³-hybridized carbons (Fsp3) is 0.455. The van der Waals surface area contributed by atoms with Crippen LogP contribution in [-0.4, -0.2) is 13.2 Å². The molecule has 1 aromatic carbocycles. The van der Waals surface area contributed by atoms with Crippen LogP contribution in [0.1, 0.15) is 24.9 Å². The molecule has 1 rings (SSSR count). The van der Waals surface area contributed by atoms with Gasteiger partial charge in [-0.2, -0.15) is 0 Å². The molecule has 0 bridgehead atoms. The molecular formula is C11H16FNO. The molecule has 0 saturated heterocycles. The van der Waals surface area contributed by atoms with Crippen molar-refractivity contribution in [2.75, 3.05) is 7.11 Å². The third-order valence-corrected chi connectivity index (χ3v) is 2.29. The first-order valence-corrected chi connectivity index (χ1v) is 4.67. The summed E-state index contributed by atoms with van der Waals surface area (Å²) < 4.78 is 17.7. The van der Waals surface area contributed by atoms with E-state index in [1.165, 1.54) is 12.1 Å². The van der Waals surface area contributed by atoms with Crippen LogP contribution < -0.4 is 5.73 Å². The SMILES string of the molecule is COC(C)CC(N)c1ccc(F)cc1. The first-order chi connectivity index (χ1) is 6.63. The molecule has 0 aromatic heterocycles. The number of ether oxygens (including phenoxy) is 1. The normalized spacial score (nSPS) is 15.1. The van der Waals surface area contributed by atoms with Crippen LogP contribution in [0.2, 0.25) is 0 Å². The number of hydrogen-bond acceptors (Lipinski definition) is 2. The van der Waals surface area contributed by atoms with Crippen LogP contribution in [0.15, 0.2) is 24.3 Å². The van der Waals surface area contributed by atoms with Crippen molar-refractivity contribution in [2.45, 2.75) is 25.5 Å². The zero-order valence-corrected chi connectivity index (χ0v) is 8.53. The van der Waals surface area contributed by atoms with Gasteiger partial charge in [-0.1, -0.05) is 12.1 Å². The van der Waals surface area contributed by atoms with E-state index in [4.69, 9.17) is 10.5 Å². The van der Waals surface area contributed by atoms with Gasteiger partial charge in [0.15, 0.2) is 0 Å². The Hall–Kier alpha value is -0.930. The Morgan fingerprint density at radius 2 is 1.93 bits per heavy atom. The Morgan fingerprint density at radius 1 is 1.36 bits per heavy atom. The van der Waals surface area contributed by atoms with Gasteiger partial charge < -0.3 is 10.5 Å². The molecule has 14 heavy (non-hydrogen) atoms. The number of methoxy groups -OCH3 is 1. The molecule has 0 radical (unpaired) electrons. The van der Waals surface area contributed by atoms with Crippen LogP contribution >= 0.6 is 0 Å². The second-order valence-corrected chi connectivity index (χ2v) is 3.44. The summed E-state index contributed by atoms with van der Waals surface area (Å²) in [5.74, 6) is -0.235. The van der Waals surface area contributed by atoms with E-state index >= 15 is 0 Å². The second kappa shape index (κ2) is 5.08. The van der Waals surface area contributed by atoms with E-state index < -0.39 is 0 Å². The lowest BCUT2D eigenvalue weighted by Gasteiger charge is -2.16. The summed E-state index contributed by atoms with van der Waals surface area (Å²) in [6, 6.07) is 6.18. The molecule has 2 N–H and O–H groups in total. The standard InChI is InChI=1S/C11H16FNO/c1-8(14-2)7-11(13)9-3-5-10(12)6-4-9/h3-6,8,11H,7,13H2,1-2H3. The van der Waals surface area contributed by atoms with Crippen LogP contribution in [0.25, 0.3) is 0 Å². The van der Waals surface area contributed by atoms with Gasteiger partial charge in [0.05, 0.1) is 6.10 Å². The van der Waals surface area contributed by atoms with Gasteiger partial charge in [-0.15, -0.1) is 0 Å². The van der Waals surface area contributed by atoms with Crippen LogP contribution in [0.5, 0.6) is 0 Å². The molecule has 0 amide bonds. The molecule has 1 aromatic rings. The minimum absolute atomic E-state index is 0.0921. The van der Waals surface area contributed by atoms with Crippen molar-refractivity contribution < 1.29 is 9.13 Å². The summed E-state index contributed by atoms with van der Waals surface area (Å²) in [6.45, 7) is 1.96. The lowest BCUT2D eigenvalue weighted by molar-refractivity contribution is 0.104. The first-order valence-electron chi connectivity index (χ1n) is 4.67. The first kappa shape index (κ1) is 11.1. The molecule has 0 saturated carbocycles. The number of nitrogens with two attached hydrogens (primary N) is 1. The van der Waals surface area contributed by atoms with Crippen molar-refractivity contribution in [1.29, 1.82) is 0 Å². The highest BCUT2D eigenvalue weighted by atomic mass is 19.1. The summed E-state index contributed by atoms with van der Waals surface area (Å²) in [5, 5.41) is 0. The summed E-state index contributed by atoms with van der Waals surface area (Å²) in [7, 11) is 1.65. The summed E-state index contributed by atoms with van der Waals surface area (Å²) in [5.41, 5.74) is 6.86. The molecule has 0 fully saturated rings. The van der Waals surface area contributed by atoms with Crippen molar-refractivity contribution in [3.63, 3.8) is 0 Å². The van der Waals surface area contributed by atoms with Crippen LogP contribution in [0, 0.1) is 5.82 Å². The van der Waals surface area contributed by atoms with E-state index in [1.54, 1.807) is 19.2 Å². The highest BCUT2D eigenvalue weighted by Gasteiger charge is 2.10. The maximum Gasteiger partial charge on any atom is 0.123 e. The molecule has 2 nitrogen and oxygen atoms in total. The van der Waals surface area contributed by atoms with Crippen molar-refractivity contribution in [1.82, 2.24) is 0 Å². The van der Waals surface area contributed by atoms with E-state index in [9.17, 15) is 4.39 Å². The lowest BCUT2D eigenvalue weighted by Crippen LogP contribution is -2.18. The maximum atomic E-state index is 12.6. The summed E-state index contributed by atoms with van der Waals surface area (Å²) in [4.78, 5) is 0. The average Bonchev–Trinajstić information content (AvgIpc) is 2.18. The Labute approximate surface area is 83.9 Å². The minimum Gasteiger partial charge on any atom is -0.382 e. The van der Waals surface area contributed by atoms with Gasteiger partial charge in [-0.3, -0.25) is 0 Å². The van der Waals surface area contributed by atoms with Crippen molar-refractivity contribution >= 4 is 0 Å². The molecular weight excluding hydrogens is 181 g/mol. The van der Waals surface area contributed by atoms with Gasteiger partial charge in [-0.25, -0.2) is 4.39 Å². The van der Waals surface area contributed by atoms with Crippen LogP contribution in [0.4, 0.5) is 4.39 Å². The van der Waals surface area contributed by atoms with Gasteiger partial charge in [0.1, 0.15) is 5.82 Å². The fourth-order valence-corrected chi connectivity index (χ4v) is 1.30. The number of hydrogen-bond donors (Lipinski definition) is 1. The second-order valence-electron chi connectivity index (χ2n) is 3.44. The number of halogens is 1. The van der Waals surface area contributed by atoms with Crippen molar-refractivity contribution in [2.24, 2.45) is 5.73 Å². The van der Waals surface area contributed by atoms with Crippen molar-refractivity contribution in [3.8, 4) is 0 Å². The molecule has 0 aliphatic carbocycles. The number of rotatable bonds is 4. The average molecular weight is 197 g/mol. The number of benzene rings is 1. The molecule has 3 heteroatoms. The topological polar surface area (TPSA) is 35.2 Å². The highest BCUT2D eigenvalue weighted by molar-refractivity contribution is 5.19. The minimum atomic E-state index is -0.235. The molecule has 0 heterocycles. The Bertz CT molecular complexity index is 273. The monoisotopic (exact) mass is 197 g/mol. The predicted molar refractivity (Wildman–Crippen MR) is 54.4 cm³/mol. The zero-order chi connectivity index (χ0) is 10.6. The van der Waals surface area contributed by atoms with Gasteiger partial charge in [0.2, 0.25) is 0 Å². The van der Waals surface area contributed by atoms with Gasteiger partial charge in [0, 0.05) is 13.2 Å². The third-order valence-electron chi connectivity index (χ3n) is 2.29. The third kappa shape index (κ3) is 3.09. The summed E-state index contributed by atoms with van der Waals surface area (Å²) >= 11 is 0. The fourth-order valence-electron chi connectivity index (χ4n) is 1.30.